The molecular formula is C19H28. The van der Waals surface area contributed by atoms with Gasteiger partial charge in [0.1, 0.15) is 0 Å². The van der Waals surface area contributed by atoms with E-state index in [1.807, 2.05) is 0 Å². The molecule has 0 bridgehead atoms. The van der Waals surface area contributed by atoms with E-state index in [1.165, 1.54) is 19.3 Å². The Bertz CT molecular complexity index is 412. The van der Waals surface area contributed by atoms with Crippen LogP contribution < -0.4 is 0 Å². The average molecular weight is 256 g/mol. The molecule has 0 aromatic heterocycles. The van der Waals surface area contributed by atoms with Gasteiger partial charge in [-0.15, -0.1) is 0 Å². The molecule has 0 saturated carbocycles. The molecule has 0 amide bonds. The van der Waals surface area contributed by atoms with Crippen molar-refractivity contribution < 1.29 is 0 Å². The summed E-state index contributed by atoms with van der Waals surface area (Å²) < 4.78 is 0. The molecular weight excluding hydrogens is 228 g/mol. The van der Waals surface area contributed by atoms with Gasteiger partial charge < -0.3 is 0 Å². The third-order valence-electron chi connectivity index (χ3n) is 4.54. The van der Waals surface area contributed by atoms with Crippen molar-refractivity contribution in [3.05, 3.63) is 48.1 Å². The van der Waals surface area contributed by atoms with Crippen LogP contribution in [-0.2, 0) is 0 Å². The standard InChI is InChI=1S/C19H28/c1-15(14-16-8-6-5-7-9-16)17-10-12-18(13-11-17)19(2,3)4/h5-8,10-12,15-16,18H,9,13-14H2,1-4H3. The fourth-order valence-electron chi connectivity index (χ4n) is 3.04. The highest BCUT2D eigenvalue weighted by Gasteiger charge is 2.24. The summed E-state index contributed by atoms with van der Waals surface area (Å²) >= 11 is 0. The summed E-state index contributed by atoms with van der Waals surface area (Å²) in [6, 6.07) is 0. The van der Waals surface area contributed by atoms with Crippen LogP contribution in [0.15, 0.2) is 48.1 Å². The third kappa shape index (κ3) is 3.96. The highest BCUT2D eigenvalue weighted by Crippen LogP contribution is 2.35. The van der Waals surface area contributed by atoms with Gasteiger partial charge in [-0.3, -0.25) is 0 Å². The Morgan fingerprint density at radius 1 is 1.16 bits per heavy atom. The monoisotopic (exact) mass is 256 g/mol. The zero-order valence-corrected chi connectivity index (χ0v) is 12.9. The molecule has 0 aromatic rings. The summed E-state index contributed by atoms with van der Waals surface area (Å²) in [4.78, 5) is 0. The van der Waals surface area contributed by atoms with Gasteiger partial charge in [0.05, 0.1) is 0 Å². The molecule has 19 heavy (non-hydrogen) atoms. The molecule has 0 fully saturated rings. The predicted octanol–water partition coefficient (Wildman–Crippen LogP) is 5.69. The molecule has 2 aliphatic carbocycles. The maximum absolute atomic E-state index is 2.48. The van der Waals surface area contributed by atoms with E-state index in [1.54, 1.807) is 5.57 Å². The minimum absolute atomic E-state index is 0.388. The van der Waals surface area contributed by atoms with E-state index in [0.717, 1.165) is 5.92 Å². The van der Waals surface area contributed by atoms with Gasteiger partial charge in [-0.1, -0.05) is 70.2 Å². The number of hydrogen-bond donors (Lipinski definition) is 0. The van der Waals surface area contributed by atoms with Crippen LogP contribution >= 0.6 is 0 Å². The van der Waals surface area contributed by atoms with E-state index in [9.17, 15) is 0 Å². The zero-order valence-electron chi connectivity index (χ0n) is 12.9. The van der Waals surface area contributed by atoms with Gasteiger partial charge in [0.2, 0.25) is 0 Å². The molecule has 0 aromatic carbocycles. The van der Waals surface area contributed by atoms with Crippen molar-refractivity contribution in [2.75, 3.05) is 0 Å². The first kappa shape index (κ1) is 14.4. The first-order chi connectivity index (χ1) is 8.97. The van der Waals surface area contributed by atoms with Gasteiger partial charge in [0.25, 0.3) is 0 Å². The van der Waals surface area contributed by atoms with Gasteiger partial charge in [0, 0.05) is 0 Å². The Morgan fingerprint density at radius 3 is 2.47 bits per heavy atom. The van der Waals surface area contributed by atoms with Crippen molar-refractivity contribution >= 4 is 0 Å². The molecule has 3 atom stereocenters. The lowest BCUT2D eigenvalue weighted by atomic mass is 9.75. The van der Waals surface area contributed by atoms with E-state index >= 15 is 0 Å². The first-order valence-corrected chi connectivity index (χ1v) is 7.68. The first-order valence-electron chi connectivity index (χ1n) is 7.68. The maximum atomic E-state index is 2.48. The van der Waals surface area contributed by atoms with Crippen molar-refractivity contribution in [3.8, 4) is 0 Å². The topological polar surface area (TPSA) is 0 Å². The van der Waals surface area contributed by atoms with Crippen molar-refractivity contribution in [1.29, 1.82) is 0 Å². The smallest absolute Gasteiger partial charge is 0.0147 e. The van der Waals surface area contributed by atoms with E-state index in [2.05, 4.69) is 70.2 Å². The van der Waals surface area contributed by atoms with Crippen molar-refractivity contribution in [3.63, 3.8) is 0 Å². The SMILES string of the molecule is CC(CC1C=CC=CC1)C1=CCC(C(C)(C)C)C=C1. The van der Waals surface area contributed by atoms with Crippen LogP contribution in [-0.4, -0.2) is 0 Å². The van der Waals surface area contributed by atoms with Crippen LogP contribution in [0.1, 0.15) is 47.0 Å². The van der Waals surface area contributed by atoms with Crippen LogP contribution in [0.3, 0.4) is 0 Å². The molecule has 0 saturated heterocycles. The average Bonchev–Trinajstić information content (AvgIpc) is 2.39. The Kier molecular flexibility index (Phi) is 4.50. The Morgan fingerprint density at radius 2 is 1.95 bits per heavy atom. The summed E-state index contributed by atoms with van der Waals surface area (Å²) in [7, 11) is 0. The summed E-state index contributed by atoms with van der Waals surface area (Å²) in [5, 5.41) is 0. The number of allylic oxidation sites excluding steroid dienone is 8. The van der Waals surface area contributed by atoms with Crippen LogP contribution in [0.2, 0.25) is 0 Å². The quantitative estimate of drug-likeness (QED) is 0.608. The molecule has 0 heterocycles. The van der Waals surface area contributed by atoms with Crippen LogP contribution in [0.5, 0.6) is 0 Å². The summed E-state index contributed by atoms with van der Waals surface area (Å²) in [6.45, 7) is 9.38. The lowest BCUT2D eigenvalue weighted by Gasteiger charge is -2.31. The van der Waals surface area contributed by atoms with Crippen molar-refractivity contribution in [2.24, 2.45) is 23.2 Å². The fourth-order valence-corrected chi connectivity index (χ4v) is 3.04. The normalized spacial score (nSPS) is 28.3. The Hall–Kier alpha value is -1.04. The Balaban J connectivity index is 1.90. The predicted molar refractivity (Wildman–Crippen MR) is 85.0 cm³/mol. The number of hydrogen-bond acceptors (Lipinski definition) is 0. The molecule has 0 radical (unpaired) electrons. The molecule has 0 nitrogen and oxygen atoms in total. The van der Waals surface area contributed by atoms with Crippen molar-refractivity contribution in [2.45, 2.75) is 47.0 Å². The second-order valence-corrected chi connectivity index (χ2v) is 7.22. The molecule has 0 spiro atoms. The van der Waals surface area contributed by atoms with Gasteiger partial charge in [-0.25, -0.2) is 0 Å². The lowest BCUT2D eigenvalue weighted by Crippen LogP contribution is -2.20. The van der Waals surface area contributed by atoms with Gasteiger partial charge in [0.15, 0.2) is 0 Å². The van der Waals surface area contributed by atoms with E-state index < -0.39 is 0 Å². The summed E-state index contributed by atoms with van der Waals surface area (Å²) in [5.74, 6) is 2.11. The molecule has 3 unspecified atom stereocenters. The van der Waals surface area contributed by atoms with E-state index in [-0.39, 0.29) is 0 Å². The van der Waals surface area contributed by atoms with Gasteiger partial charge >= 0.3 is 0 Å². The number of rotatable bonds is 3. The minimum Gasteiger partial charge on any atom is -0.0840 e. The van der Waals surface area contributed by atoms with E-state index in [4.69, 9.17) is 0 Å². The lowest BCUT2D eigenvalue weighted by molar-refractivity contribution is 0.292. The molecule has 104 valence electrons. The zero-order chi connectivity index (χ0) is 13.9. The minimum atomic E-state index is 0.388. The van der Waals surface area contributed by atoms with Crippen LogP contribution in [0.25, 0.3) is 0 Å². The van der Waals surface area contributed by atoms with Gasteiger partial charge in [-0.05, 0) is 48.0 Å². The molecule has 0 heteroatoms. The highest BCUT2D eigenvalue weighted by molar-refractivity contribution is 5.27. The maximum Gasteiger partial charge on any atom is -0.0147 e. The highest BCUT2D eigenvalue weighted by atomic mass is 14.3. The summed E-state index contributed by atoms with van der Waals surface area (Å²) in [5.41, 5.74) is 1.93. The molecule has 0 N–H and O–H groups in total. The third-order valence-corrected chi connectivity index (χ3v) is 4.54. The summed E-state index contributed by atoms with van der Waals surface area (Å²) in [6.07, 6.45) is 20.0. The second kappa shape index (κ2) is 5.94. The largest absolute Gasteiger partial charge is 0.0840 e. The fraction of sp³-hybridized carbons (Fsp3) is 0.579. The van der Waals surface area contributed by atoms with E-state index in [0.29, 0.717) is 17.3 Å². The molecule has 2 rings (SSSR count). The van der Waals surface area contributed by atoms with Gasteiger partial charge in [-0.2, -0.15) is 0 Å². The Labute approximate surface area is 119 Å². The van der Waals surface area contributed by atoms with Crippen LogP contribution in [0.4, 0.5) is 0 Å². The molecule has 2 aliphatic rings. The second-order valence-electron chi connectivity index (χ2n) is 7.22. The van der Waals surface area contributed by atoms with Crippen LogP contribution in [0, 0.1) is 23.2 Å². The molecule has 0 aliphatic heterocycles. The van der Waals surface area contributed by atoms with Crippen molar-refractivity contribution in [1.82, 2.24) is 0 Å².